The molecule has 0 aromatic heterocycles. The maximum absolute atomic E-state index is 12.3. The maximum atomic E-state index is 12.3. The molecule has 0 radical (unpaired) electrons. The van der Waals surface area contributed by atoms with E-state index in [1.165, 1.54) is 24.3 Å². The molecule has 26 nitrogen and oxygen atoms in total. The van der Waals surface area contributed by atoms with Gasteiger partial charge >= 0.3 is 49.7 Å². The summed E-state index contributed by atoms with van der Waals surface area (Å²) >= 11 is 0. The van der Waals surface area contributed by atoms with E-state index < -0.39 is 72.7 Å². The van der Waals surface area contributed by atoms with Crippen LogP contribution in [0.15, 0.2) is 68.5 Å². The fourth-order valence-electron chi connectivity index (χ4n) is 6.99. The molecule has 2 aromatic rings. The van der Waals surface area contributed by atoms with Gasteiger partial charge in [0.1, 0.15) is 12.1 Å². The third-order valence-corrected chi connectivity index (χ3v) is 10.7. The van der Waals surface area contributed by atoms with E-state index >= 15 is 0 Å². The van der Waals surface area contributed by atoms with Gasteiger partial charge in [-0.25, -0.2) is 9.59 Å². The number of amidine groups is 2. The molecule has 0 spiro atoms. The van der Waals surface area contributed by atoms with E-state index in [2.05, 4.69) is 51.9 Å². The Morgan fingerprint density at radius 1 is 0.672 bits per heavy atom. The minimum Gasteiger partial charge on any atom is -0.550 e. The monoisotopic (exact) mass is 956 g/mol. The number of likely N-dealkylation sites (N-methyl/N-ethyl adjacent to an activating group) is 2. The third-order valence-electron chi connectivity index (χ3n) is 10.7. The molecule has 4 heterocycles. The fraction of sp³-hybridized carbons (Fsp3) is 0.400. The number of hydrogen-bond acceptors (Lipinski definition) is 20. The van der Waals surface area contributed by atoms with Crippen molar-refractivity contribution in [3.63, 3.8) is 0 Å². The topological polar surface area (TPSA) is 403 Å². The summed E-state index contributed by atoms with van der Waals surface area (Å²) in [4.78, 5) is 113. The molecule has 0 saturated carbocycles. The van der Waals surface area contributed by atoms with E-state index in [1.807, 2.05) is 9.80 Å². The number of fused-ring (bicyclic) bond motifs is 2. The molecule has 352 valence electrons. The largest absolute Gasteiger partial charge is 2.00 e. The number of carbonyl (C=O) groups is 8. The van der Waals surface area contributed by atoms with Crippen molar-refractivity contribution >= 4 is 120 Å². The summed E-state index contributed by atoms with van der Waals surface area (Å²) in [5, 5.41) is 55.4. The number of carbonyl (C=O) groups excluding carboxylic acids is 6. The average molecular weight is 957 g/mol. The van der Waals surface area contributed by atoms with E-state index in [-0.39, 0.29) is 97.5 Å². The van der Waals surface area contributed by atoms with Crippen LogP contribution in [0.2, 0.25) is 0 Å². The fourth-order valence-corrected chi connectivity index (χ4v) is 6.99. The Hall–Kier alpha value is -6.74. The number of carboxylic acid groups (broad SMARTS) is 4. The third kappa shape index (κ3) is 14.6. The Bertz CT molecular complexity index is 2180. The molecule has 12 N–H and O–H groups in total. The smallest absolute Gasteiger partial charge is 0.550 e. The number of guanidine groups is 2. The van der Waals surface area contributed by atoms with Crippen LogP contribution < -0.4 is 53.6 Å². The number of amides is 4. The van der Waals surface area contributed by atoms with Crippen molar-refractivity contribution in [1.82, 2.24) is 31.1 Å². The van der Waals surface area contributed by atoms with Gasteiger partial charge in [-0.3, -0.25) is 49.6 Å². The summed E-state index contributed by atoms with van der Waals surface area (Å²) in [5.74, 6) is -6.48. The van der Waals surface area contributed by atoms with Crippen molar-refractivity contribution in [2.75, 3.05) is 50.9 Å². The number of benzene rings is 2. The molecule has 0 aliphatic carbocycles. The second-order valence-electron chi connectivity index (χ2n) is 15.3. The number of anilines is 2. The number of hydrogen-bond donors (Lipinski definition) is 10. The van der Waals surface area contributed by atoms with Gasteiger partial charge in [0.15, 0.2) is 23.8 Å². The first-order valence-electron chi connectivity index (χ1n) is 20.3. The van der Waals surface area contributed by atoms with Gasteiger partial charge in [0.05, 0.1) is 13.1 Å². The minimum atomic E-state index is -1.39. The SMILES string of the molecule is CN1C(CNc2ccc(C(=O)N[C@@H](CCC(=O)[O-])C(=O)O)cc2)CN=C2N=C(N)NC(=O)C21.CN1C(CNc2ccc(C(=O)N[C@@H](CCC(=O)[O-])C(=O)O)cc2)CN=C2N=C(N)NC(=O)C21.[Ca+2]. The molecule has 0 fully saturated rings. The van der Waals surface area contributed by atoms with E-state index in [4.69, 9.17) is 21.7 Å². The van der Waals surface area contributed by atoms with E-state index in [0.29, 0.717) is 49.2 Å². The van der Waals surface area contributed by atoms with Crippen molar-refractivity contribution in [3.05, 3.63) is 59.7 Å². The molecule has 0 saturated heterocycles. The number of aliphatic carboxylic acids is 4. The molecular weight excluding hydrogens is 909 g/mol. The van der Waals surface area contributed by atoms with E-state index in [9.17, 15) is 48.6 Å². The van der Waals surface area contributed by atoms with Gasteiger partial charge in [0, 0.05) is 59.6 Å². The van der Waals surface area contributed by atoms with Crippen molar-refractivity contribution < 1.29 is 58.8 Å². The zero-order chi connectivity index (χ0) is 48.2. The second kappa shape index (κ2) is 24.2. The van der Waals surface area contributed by atoms with Crippen LogP contribution in [-0.4, -0.2) is 205 Å². The van der Waals surface area contributed by atoms with Gasteiger partial charge in [0.2, 0.25) is 11.9 Å². The molecular formula is C40H48CaN14O12. The van der Waals surface area contributed by atoms with Gasteiger partial charge in [0.25, 0.3) is 23.6 Å². The zero-order valence-electron chi connectivity index (χ0n) is 36.3. The van der Waals surface area contributed by atoms with Gasteiger partial charge in [-0.05, 0) is 88.3 Å². The minimum absolute atomic E-state index is 0. The van der Waals surface area contributed by atoms with Crippen LogP contribution in [0, 0.1) is 0 Å². The van der Waals surface area contributed by atoms with E-state index in [0.717, 1.165) is 0 Å². The number of nitrogens with one attached hydrogen (secondary N) is 6. The molecule has 4 aliphatic heterocycles. The number of carboxylic acids is 4. The summed E-state index contributed by atoms with van der Waals surface area (Å²) in [6, 6.07) is 8.58. The summed E-state index contributed by atoms with van der Waals surface area (Å²) in [6.07, 6.45) is -1.52. The summed E-state index contributed by atoms with van der Waals surface area (Å²) in [6.45, 7) is 1.77. The second-order valence-corrected chi connectivity index (χ2v) is 15.3. The predicted octanol–water partition coefficient (Wildman–Crippen LogP) is -5.71. The van der Waals surface area contributed by atoms with Crippen LogP contribution in [-0.2, 0) is 28.8 Å². The first kappa shape index (κ1) is 52.9. The van der Waals surface area contributed by atoms with Gasteiger partial charge < -0.3 is 62.7 Å². The standard InChI is InChI=1S/2C20H25N7O6.Ca/c2*1-27-12(9-23-16-15(27)18(31)26-20(21)25-16)8-22-11-4-2-10(3-5-11)17(30)24-13(19(32)33)6-7-14(28)29;/h2*2-5,12-13,15,22H,6-9H2,1H3,(H,24,30)(H,28,29)(H,32,33)(H3,21,23,25,26,31);/q;;+2/p-2/t2*12?,13-,15?;/m00./s1. The Morgan fingerprint density at radius 2 is 1.01 bits per heavy atom. The van der Waals surface area contributed by atoms with Crippen LogP contribution >= 0.6 is 0 Å². The van der Waals surface area contributed by atoms with Crippen molar-refractivity contribution in [1.29, 1.82) is 0 Å². The van der Waals surface area contributed by atoms with Gasteiger partial charge in [-0.2, -0.15) is 9.98 Å². The first-order chi connectivity index (χ1) is 31.3. The number of nitrogens with two attached hydrogens (primary N) is 2. The average Bonchev–Trinajstić information content (AvgIpc) is 3.25. The molecule has 6 rings (SSSR count). The van der Waals surface area contributed by atoms with Crippen LogP contribution in [0.3, 0.4) is 0 Å². The van der Waals surface area contributed by atoms with Crippen molar-refractivity contribution in [3.8, 4) is 0 Å². The molecule has 6 atom stereocenters. The Kier molecular flexibility index (Phi) is 19.1. The van der Waals surface area contributed by atoms with Crippen molar-refractivity contribution in [2.24, 2.45) is 31.4 Å². The Morgan fingerprint density at radius 3 is 1.33 bits per heavy atom. The van der Waals surface area contributed by atoms with E-state index in [1.54, 1.807) is 38.4 Å². The molecule has 4 aliphatic rings. The van der Waals surface area contributed by atoms with Crippen LogP contribution in [0.1, 0.15) is 46.4 Å². The van der Waals surface area contributed by atoms with Crippen molar-refractivity contribution in [2.45, 2.75) is 61.9 Å². The first-order valence-corrected chi connectivity index (χ1v) is 20.3. The number of aliphatic imine (C=N–C) groups is 4. The van der Waals surface area contributed by atoms with Crippen LogP contribution in [0.4, 0.5) is 11.4 Å². The summed E-state index contributed by atoms with van der Waals surface area (Å²) < 4.78 is 0. The molecule has 4 unspecified atom stereocenters. The zero-order valence-corrected chi connectivity index (χ0v) is 38.5. The van der Waals surface area contributed by atoms with Gasteiger partial charge in [-0.15, -0.1) is 0 Å². The van der Waals surface area contributed by atoms with Gasteiger partial charge in [-0.1, -0.05) is 0 Å². The molecule has 67 heavy (non-hydrogen) atoms. The Balaban J connectivity index is 0.000000288. The summed E-state index contributed by atoms with van der Waals surface area (Å²) in [5.41, 5.74) is 13.0. The number of nitrogens with zero attached hydrogens (tertiary/aromatic N) is 6. The molecule has 4 amide bonds. The quantitative estimate of drug-likeness (QED) is 0.0623. The van der Waals surface area contributed by atoms with Crippen LogP contribution in [0.5, 0.6) is 0 Å². The number of rotatable bonds is 18. The normalized spacial score (nSPS) is 20.7. The molecule has 0 bridgehead atoms. The molecule has 27 heteroatoms. The maximum Gasteiger partial charge on any atom is 2.00 e. The predicted molar refractivity (Wildman–Crippen MR) is 237 cm³/mol. The summed E-state index contributed by atoms with van der Waals surface area (Å²) in [7, 11) is 3.60. The Labute approximate surface area is 411 Å². The molecule has 2 aromatic carbocycles. The van der Waals surface area contributed by atoms with Crippen LogP contribution in [0.25, 0.3) is 0 Å².